The van der Waals surface area contributed by atoms with E-state index in [0.29, 0.717) is 0 Å². The molecule has 0 saturated heterocycles. The van der Waals surface area contributed by atoms with Crippen LogP contribution in [0, 0.1) is 0 Å². The average molecular weight is 391 g/mol. The van der Waals surface area contributed by atoms with Gasteiger partial charge in [0.1, 0.15) is 29.5 Å². The molecule has 2 unspecified atom stereocenters. The summed E-state index contributed by atoms with van der Waals surface area (Å²) in [6.07, 6.45) is 3.20. The Morgan fingerprint density at radius 2 is 1.17 bits per heavy atom. The minimum absolute atomic E-state index is 0.150. The van der Waals surface area contributed by atoms with Crippen LogP contribution in [0.3, 0.4) is 0 Å². The zero-order valence-electron chi connectivity index (χ0n) is 17.3. The van der Waals surface area contributed by atoms with Crippen molar-refractivity contribution in [2.75, 3.05) is 0 Å². The van der Waals surface area contributed by atoms with Crippen LogP contribution in [0.1, 0.15) is 62.9 Å². The van der Waals surface area contributed by atoms with Gasteiger partial charge in [-0.3, -0.25) is 0 Å². The second-order valence-electron chi connectivity index (χ2n) is 7.20. The summed E-state index contributed by atoms with van der Waals surface area (Å²) in [6, 6.07) is 25.3. The fourth-order valence-corrected chi connectivity index (χ4v) is 3.59. The Hall–Kier alpha value is -2.94. The Labute approximate surface area is 173 Å². The van der Waals surface area contributed by atoms with E-state index in [2.05, 4.69) is 19.9 Å². The van der Waals surface area contributed by atoms with Crippen molar-refractivity contribution in [3.8, 4) is 17.2 Å². The number of ether oxygens (including phenoxy) is 2. The Balaban J connectivity index is 1.98. The molecule has 0 aliphatic rings. The Morgan fingerprint density at radius 1 is 0.655 bits per heavy atom. The van der Waals surface area contributed by atoms with Gasteiger partial charge in [-0.2, -0.15) is 0 Å². The lowest BCUT2D eigenvalue weighted by Crippen LogP contribution is -2.16. The van der Waals surface area contributed by atoms with Crippen molar-refractivity contribution in [2.45, 2.75) is 51.7 Å². The van der Waals surface area contributed by atoms with Crippen LogP contribution in [0.5, 0.6) is 17.2 Å². The van der Waals surface area contributed by atoms with Crippen LogP contribution in [-0.2, 0) is 0 Å². The summed E-state index contributed by atoms with van der Waals surface area (Å²) >= 11 is 0. The van der Waals surface area contributed by atoms with Crippen molar-refractivity contribution in [2.24, 2.45) is 0 Å². The molecule has 3 rings (SSSR count). The van der Waals surface area contributed by atoms with Gasteiger partial charge in [-0.1, -0.05) is 75.2 Å². The van der Waals surface area contributed by atoms with E-state index in [1.54, 1.807) is 6.07 Å². The second kappa shape index (κ2) is 10.6. The highest BCUT2D eigenvalue weighted by molar-refractivity contribution is 5.43. The maximum atomic E-state index is 10.8. The molecular weight excluding hydrogens is 360 g/mol. The first-order chi connectivity index (χ1) is 14.2. The highest BCUT2D eigenvalue weighted by Gasteiger charge is 2.26. The fourth-order valence-electron chi connectivity index (χ4n) is 3.59. The predicted molar refractivity (Wildman–Crippen MR) is 118 cm³/mol. The number of phenols is 1. The SMILES string of the molecule is CCCC(Oc1ccccc1)c1cccc(O)c1C(CCC)Oc1ccccc1. The van der Waals surface area contributed by atoms with Crippen LogP contribution in [0.4, 0.5) is 0 Å². The quantitative estimate of drug-likeness (QED) is 0.397. The molecule has 2 atom stereocenters. The maximum absolute atomic E-state index is 10.8. The average Bonchev–Trinajstić information content (AvgIpc) is 2.74. The summed E-state index contributed by atoms with van der Waals surface area (Å²) in [5.41, 5.74) is 1.82. The van der Waals surface area contributed by atoms with Gasteiger partial charge in [0, 0.05) is 11.1 Å². The third-order valence-corrected chi connectivity index (χ3v) is 4.93. The number of hydrogen-bond acceptors (Lipinski definition) is 3. The molecule has 3 nitrogen and oxygen atoms in total. The molecule has 3 heteroatoms. The van der Waals surface area contributed by atoms with E-state index >= 15 is 0 Å². The van der Waals surface area contributed by atoms with Gasteiger partial charge in [0.15, 0.2) is 0 Å². The van der Waals surface area contributed by atoms with Gasteiger partial charge in [-0.25, -0.2) is 0 Å². The minimum atomic E-state index is -0.239. The van der Waals surface area contributed by atoms with Crippen LogP contribution in [-0.4, -0.2) is 5.11 Å². The Morgan fingerprint density at radius 3 is 1.72 bits per heavy atom. The van der Waals surface area contributed by atoms with Gasteiger partial charge in [-0.05, 0) is 43.2 Å². The Bertz CT molecular complexity index is 862. The summed E-state index contributed by atoms with van der Waals surface area (Å²) < 4.78 is 12.7. The highest BCUT2D eigenvalue weighted by Crippen LogP contribution is 2.39. The molecule has 0 saturated carbocycles. The fraction of sp³-hybridized carbons (Fsp3) is 0.308. The molecule has 0 radical (unpaired) electrons. The maximum Gasteiger partial charge on any atom is 0.128 e. The van der Waals surface area contributed by atoms with E-state index in [1.807, 2.05) is 66.7 Å². The van der Waals surface area contributed by atoms with Gasteiger partial charge in [0.25, 0.3) is 0 Å². The van der Waals surface area contributed by atoms with Crippen LogP contribution < -0.4 is 9.47 Å². The summed E-state index contributed by atoms with van der Waals surface area (Å²) in [6.45, 7) is 4.28. The van der Waals surface area contributed by atoms with Gasteiger partial charge >= 0.3 is 0 Å². The summed E-state index contributed by atoms with van der Waals surface area (Å²) in [5, 5.41) is 10.8. The third-order valence-electron chi connectivity index (χ3n) is 4.93. The molecule has 3 aromatic rings. The summed E-state index contributed by atoms with van der Waals surface area (Å²) in [4.78, 5) is 0. The van der Waals surface area contributed by atoms with Gasteiger partial charge in [0.2, 0.25) is 0 Å². The second-order valence-corrected chi connectivity index (χ2v) is 7.20. The molecule has 0 aliphatic carbocycles. The van der Waals surface area contributed by atoms with E-state index in [9.17, 15) is 5.11 Å². The number of para-hydroxylation sites is 2. The lowest BCUT2D eigenvalue weighted by atomic mass is 9.92. The summed E-state index contributed by atoms with van der Waals surface area (Å²) in [7, 11) is 0. The van der Waals surface area contributed by atoms with E-state index in [4.69, 9.17) is 9.47 Å². The number of hydrogen-bond donors (Lipinski definition) is 1. The molecule has 29 heavy (non-hydrogen) atoms. The first kappa shape index (κ1) is 20.8. The number of benzene rings is 3. The number of aromatic hydroxyl groups is 1. The van der Waals surface area contributed by atoms with Crippen LogP contribution >= 0.6 is 0 Å². The molecule has 0 heterocycles. The molecule has 0 aromatic heterocycles. The highest BCUT2D eigenvalue weighted by atomic mass is 16.5. The van der Waals surface area contributed by atoms with Crippen molar-refractivity contribution >= 4 is 0 Å². The molecule has 3 aromatic carbocycles. The molecule has 0 bridgehead atoms. The first-order valence-corrected chi connectivity index (χ1v) is 10.5. The van der Waals surface area contributed by atoms with E-state index in [-0.39, 0.29) is 18.0 Å². The lowest BCUT2D eigenvalue weighted by Gasteiger charge is -2.27. The van der Waals surface area contributed by atoms with Crippen LogP contribution in [0.2, 0.25) is 0 Å². The topological polar surface area (TPSA) is 38.7 Å². The lowest BCUT2D eigenvalue weighted by molar-refractivity contribution is 0.167. The zero-order chi connectivity index (χ0) is 20.5. The standard InChI is InChI=1S/C26H30O3/c1-3-12-24(28-20-14-7-5-8-15-20)22-18-11-19-23(27)26(22)25(13-4-2)29-21-16-9-6-10-17-21/h5-11,14-19,24-25,27H,3-4,12-13H2,1-2H3. The molecule has 0 fully saturated rings. The third kappa shape index (κ3) is 5.54. The first-order valence-electron chi connectivity index (χ1n) is 10.5. The number of rotatable bonds is 10. The van der Waals surface area contributed by atoms with Crippen molar-refractivity contribution in [1.82, 2.24) is 0 Å². The van der Waals surface area contributed by atoms with Crippen LogP contribution in [0.25, 0.3) is 0 Å². The Kier molecular flexibility index (Phi) is 7.57. The monoisotopic (exact) mass is 390 g/mol. The predicted octanol–water partition coefficient (Wildman–Crippen LogP) is 7.23. The summed E-state index contributed by atoms with van der Waals surface area (Å²) in [5.74, 6) is 1.89. The molecule has 152 valence electrons. The van der Waals surface area contributed by atoms with Gasteiger partial charge < -0.3 is 14.6 Å². The largest absolute Gasteiger partial charge is 0.508 e. The van der Waals surface area contributed by atoms with Gasteiger partial charge in [0.05, 0.1) is 0 Å². The van der Waals surface area contributed by atoms with Crippen molar-refractivity contribution in [3.05, 3.63) is 90.0 Å². The molecule has 0 amide bonds. The molecular formula is C26H30O3. The number of phenolic OH excluding ortho intramolecular Hbond substituents is 1. The van der Waals surface area contributed by atoms with E-state index in [0.717, 1.165) is 48.3 Å². The van der Waals surface area contributed by atoms with Crippen molar-refractivity contribution < 1.29 is 14.6 Å². The van der Waals surface area contributed by atoms with Gasteiger partial charge in [-0.15, -0.1) is 0 Å². The molecule has 1 N–H and O–H groups in total. The zero-order valence-corrected chi connectivity index (χ0v) is 17.3. The van der Waals surface area contributed by atoms with Crippen LogP contribution in [0.15, 0.2) is 78.9 Å². The van der Waals surface area contributed by atoms with Crippen molar-refractivity contribution in [3.63, 3.8) is 0 Å². The normalized spacial score (nSPS) is 12.9. The smallest absolute Gasteiger partial charge is 0.128 e. The van der Waals surface area contributed by atoms with Crippen molar-refractivity contribution in [1.29, 1.82) is 0 Å². The molecule has 0 aliphatic heterocycles. The minimum Gasteiger partial charge on any atom is -0.508 e. The molecule has 0 spiro atoms. The van der Waals surface area contributed by atoms with E-state index < -0.39 is 0 Å². The van der Waals surface area contributed by atoms with E-state index in [1.165, 1.54) is 0 Å².